The van der Waals surface area contributed by atoms with Crippen LogP contribution in [0.15, 0.2) is 71.5 Å². The lowest BCUT2D eigenvalue weighted by Gasteiger charge is -2.09. The first-order chi connectivity index (χ1) is 10.8. The highest BCUT2D eigenvalue weighted by Gasteiger charge is 2.28. The Labute approximate surface area is 128 Å². The Balaban J connectivity index is 1.98. The molecule has 0 radical (unpaired) electrons. The Hall–Kier alpha value is -2.87. The zero-order valence-corrected chi connectivity index (χ0v) is 12.2. The van der Waals surface area contributed by atoms with Crippen LogP contribution in [0.4, 0.5) is 0 Å². The molecule has 22 heavy (non-hydrogen) atoms. The van der Waals surface area contributed by atoms with Gasteiger partial charge in [-0.25, -0.2) is 0 Å². The van der Waals surface area contributed by atoms with Gasteiger partial charge in [0.25, 0.3) is 0 Å². The van der Waals surface area contributed by atoms with E-state index in [9.17, 15) is 4.79 Å². The molecule has 0 N–H and O–H groups in total. The van der Waals surface area contributed by atoms with Crippen molar-refractivity contribution in [2.24, 2.45) is 0 Å². The van der Waals surface area contributed by atoms with Crippen LogP contribution in [0.3, 0.4) is 0 Å². The van der Waals surface area contributed by atoms with Crippen molar-refractivity contribution in [1.29, 1.82) is 0 Å². The van der Waals surface area contributed by atoms with Crippen LogP contribution in [0.1, 0.15) is 0 Å². The molecule has 0 spiro atoms. The van der Waals surface area contributed by atoms with E-state index < -0.39 is 0 Å². The normalized spacial score (nSPS) is 11.1. The lowest BCUT2D eigenvalue weighted by molar-refractivity contribution is 0.417. The minimum absolute atomic E-state index is 0.112. The number of methoxy groups -OCH3 is 1. The van der Waals surface area contributed by atoms with Crippen LogP contribution < -0.4 is 10.2 Å². The van der Waals surface area contributed by atoms with Gasteiger partial charge in [0.15, 0.2) is 5.43 Å². The molecule has 0 amide bonds. The molecule has 0 fully saturated rings. The van der Waals surface area contributed by atoms with Gasteiger partial charge in [0.05, 0.1) is 7.11 Å². The highest BCUT2D eigenvalue weighted by Crippen LogP contribution is 2.43. The lowest BCUT2D eigenvalue weighted by Crippen LogP contribution is -1.89. The fraction of sp³-hybridized carbons (Fsp3) is 0.0500. The monoisotopic (exact) mass is 286 g/mol. The molecule has 0 aliphatic heterocycles. The molecular formula is C20H14O2. The Bertz CT molecular complexity index is 974. The van der Waals surface area contributed by atoms with E-state index in [0.717, 1.165) is 38.8 Å². The number of benzene rings is 3. The van der Waals surface area contributed by atoms with Gasteiger partial charge < -0.3 is 4.74 Å². The highest BCUT2D eigenvalue weighted by atomic mass is 16.5. The largest absolute Gasteiger partial charge is 0.496 e. The van der Waals surface area contributed by atoms with E-state index in [1.54, 1.807) is 7.11 Å². The van der Waals surface area contributed by atoms with Crippen LogP contribution in [0.25, 0.3) is 33.0 Å². The van der Waals surface area contributed by atoms with E-state index in [-0.39, 0.29) is 5.43 Å². The lowest BCUT2D eigenvalue weighted by atomic mass is 10.0. The van der Waals surface area contributed by atoms with Gasteiger partial charge in [-0.05, 0) is 22.4 Å². The number of ether oxygens (including phenoxy) is 1. The summed E-state index contributed by atoms with van der Waals surface area (Å²) in [4.78, 5) is 12.4. The molecule has 4 rings (SSSR count). The Kier molecular flexibility index (Phi) is 2.83. The van der Waals surface area contributed by atoms with Crippen molar-refractivity contribution >= 4 is 10.8 Å². The van der Waals surface area contributed by atoms with Gasteiger partial charge in [-0.3, -0.25) is 4.79 Å². The molecule has 2 heteroatoms. The molecule has 0 atom stereocenters. The van der Waals surface area contributed by atoms with E-state index in [2.05, 4.69) is 0 Å². The second-order valence-corrected chi connectivity index (χ2v) is 5.31. The molecule has 0 aromatic heterocycles. The second-order valence-electron chi connectivity index (χ2n) is 5.31. The van der Waals surface area contributed by atoms with Gasteiger partial charge in [0.1, 0.15) is 5.75 Å². The van der Waals surface area contributed by atoms with Gasteiger partial charge in [-0.2, -0.15) is 0 Å². The smallest absolute Gasteiger partial charge is 0.195 e. The van der Waals surface area contributed by atoms with Crippen molar-refractivity contribution in [3.05, 3.63) is 77.0 Å². The summed E-state index contributed by atoms with van der Waals surface area (Å²) in [5.41, 5.74) is 3.57. The molecule has 0 unspecified atom stereocenters. The summed E-state index contributed by atoms with van der Waals surface area (Å²) in [5, 5.41) is 2.16. The summed E-state index contributed by atoms with van der Waals surface area (Å²) in [6, 6.07) is 21.8. The summed E-state index contributed by atoms with van der Waals surface area (Å²) < 4.78 is 5.50. The Morgan fingerprint density at radius 3 is 2.23 bits per heavy atom. The quantitative estimate of drug-likeness (QED) is 0.557. The molecule has 2 nitrogen and oxygen atoms in total. The zero-order chi connectivity index (χ0) is 15.1. The third kappa shape index (κ3) is 1.85. The van der Waals surface area contributed by atoms with E-state index in [4.69, 9.17) is 4.74 Å². The van der Waals surface area contributed by atoms with Gasteiger partial charge in [0, 0.05) is 16.7 Å². The van der Waals surface area contributed by atoms with E-state index in [1.165, 1.54) is 0 Å². The molecule has 0 heterocycles. The van der Waals surface area contributed by atoms with E-state index in [0.29, 0.717) is 0 Å². The first-order valence-corrected chi connectivity index (χ1v) is 7.22. The third-order valence-corrected chi connectivity index (χ3v) is 4.06. The predicted octanol–water partition coefficient (Wildman–Crippen LogP) is 4.42. The molecule has 0 saturated heterocycles. The average Bonchev–Trinajstić information content (AvgIpc) is 3.25. The van der Waals surface area contributed by atoms with Crippen molar-refractivity contribution in [3.63, 3.8) is 0 Å². The summed E-state index contributed by atoms with van der Waals surface area (Å²) in [5.74, 6) is 0.744. The minimum Gasteiger partial charge on any atom is -0.496 e. The number of hydrogen-bond acceptors (Lipinski definition) is 2. The van der Waals surface area contributed by atoms with Gasteiger partial charge in [0.2, 0.25) is 0 Å². The van der Waals surface area contributed by atoms with Gasteiger partial charge in [-0.1, -0.05) is 60.7 Å². The van der Waals surface area contributed by atoms with E-state index >= 15 is 0 Å². The molecule has 4 aromatic carbocycles. The van der Waals surface area contributed by atoms with Crippen LogP contribution >= 0.6 is 0 Å². The topological polar surface area (TPSA) is 26.3 Å². The molecule has 0 aliphatic rings. The third-order valence-electron chi connectivity index (χ3n) is 4.06. The van der Waals surface area contributed by atoms with Crippen molar-refractivity contribution < 1.29 is 4.74 Å². The molecular weight excluding hydrogens is 272 g/mol. The van der Waals surface area contributed by atoms with Crippen LogP contribution in [-0.2, 0) is 0 Å². The maximum absolute atomic E-state index is 12.4. The van der Waals surface area contributed by atoms with Gasteiger partial charge in [-0.15, -0.1) is 0 Å². The minimum atomic E-state index is 0.112. The molecule has 0 bridgehead atoms. The van der Waals surface area contributed by atoms with E-state index in [1.807, 2.05) is 66.7 Å². The fourth-order valence-electron chi connectivity index (χ4n) is 2.97. The van der Waals surface area contributed by atoms with Crippen molar-refractivity contribution in [1.82, 2.24) is 0 Å². The SMILES string of the molecule is COc1ccc2ccccc2c1-c1c(-c2ccccc2)c1=O. The Morgan fingerprint density at radius 2 is 1.45 bits per heavy atom. The highest BCUT2D eigenvalue weighted by molar-refractivity contribution is 6.07. The molecule has 4 aromatic rings. The summed E-state index contributed by atoms with van der Waals surface area (Å²) in [6.45, 7) is 0. The van der Waals surface area contributed by atoms with Crippen LogP contribution in [-0.4, -0.2) is 7.11 Å². The molecule has 0 saturated carbocycles. The average molecular weight is 286 g/mol. The fourth-order valence-corrected chi connectivity index (χ4v) is 2.97. The Morgan fingerprint density at radius 1 is 0.727 bits per heavy atom. The number of fused-ring (bicyclic) bond motifs is 1. The predicted molar refractivity (Wildman–Crippen MR) is 90.0 cm³/mol. The zero-order valence-electron chi connectivity index (χ0n) is 12.2. The van der Waals surface area contributed by atoms with Crippen molar-refractivity contribution in [2.45, 2.75) is 0 Å². The molecule has 0 aliphatic carbocycles. The van der Waals surface area contributed by atoms with Crippen molar-refractivity contribution in [2.75, 3.05) is 7.11 Å². The number of hydrogen-bond donors (Lipinski definition) is 0. The maximum atomic E-state index is 12.4. The van der Waals surface area contributed by atoms with Crippen LogP contribution in [0.2, 0.25) is 0 Å². The summed E-state index contributed by atoms with van der Waals surface area (Å²) in [6.07, 6.45) is 0. The van der Waals surface area contributed by atoms with Crippen LogP contribution in [0, 0.1) is 0 Å². The summed E-state index contributed by atoms with van der Waals surface area (Å²) in [7, 11) is 1.64. The number of rotatable bonds is 3. The standard InChI is InChI=1S/C20H14O2/c1-22-16-12-11-13-7-5-6-10-15(13)18(16)19-17(20(19)21)14-8-3-2-4-9-14/h2-12H,1H3. The maximum Gasteiger partial charge on any atom is 0.195 e. The first-order valence-electron chi connectivity index (χ1n) is 7.22. The first kappa shape index (κ1) is 12.8. The second kappa shape index (κ2) is 4.85. The van der Waals surface area contributed by atoms with Gasteiger partial charge >= 0.3 is 0 Å². The van der Waals surface area contributed by atoms with Crippen LogP contribution in [0.5, 0.6) is 5.75 Å². The summed E-state index contributed by atoms with van der Waals surface area (Å²) >= 11 is 0. The van der Waals surface area contributed by atoms with Crippen molar-refractivity contribution in [3.8, 4) is 28.0 Å². The molecule has 106 valence electrons.